The minimum atomic E-state index is -0.784. The van der Waals surface area contributed by atoms with Crippen LogP contribution >= 0.6 is 0 Å². The zero-order chi connectivity index (χ0) is 15.5. The van der Waals surface area contributed by atoms with Crippen molar-refractivity contribution in [2.75, 3.05) is 20.2 Å². The summed E-state index contributed by atoms with van der Waals surface area (Å²) in [6, 6.07) is 7.11. The van der Waals surface area contributed by atoms with E-state index in [-0.39, 0.29) is 11.8 Å². The minimum absolute atomic E-state index is 0.0919. The maximum Gasteiger partial charge on any atom is 0.258 e. The molecule has 0 spiro atoms. The average Bonchev–Trinajstić information content (AvgIpc) is 2.90. The summed E-state index contributed by atoms with van der Waals surface area (Å²) in [6.45, 7) is 4.86. The first kappa shape index (κ1) is 15.4. The molecule has 0 aromatic heterocycles. The second kappa shape index (κ2) is 6.16. The third kappa shape index (κ3) is 2.73. The number of carbonyl (C=O) groups is 2. The Morgan fingerprint density at radius 3 is 2.76 bits per heavy atom. The number of nitrogens with zero attached hydrogens (tertiary/aromatic N) is 1. The SMILES string of the molecule is CCNC(=O)C1(C)CCCN1C(=O)c1ccccc1OC. The molecular weight excluding hydrogens is 268 g/mol. The van der Waals surface area contributed by atoms with Crippen LogP contribution in [0.3, 0.4) is 0 Å². The van der Waals surface area contributed by atoms with Crippen LogP contribution < -0.4 is 10.1 Å². The lowest BCUT2D eigenvalue weighted by Crippen LogP contribution is -2.55. The van der Waals surface area contributed by atoms with Crippen molar-refractivity contribution in [3.05, 3.63) is 29.8 Å². The number of likely N-dealkylation sites (N-methyl/N-ethyl adjacent to an activating group) is 1. The van der Waals surface area contributed by atoms with Crippen LogP contribution in [0.2, 0.25) is 0 Å². The summed E-state index contributed by atoms with van der Waals surface area (Å²) < 4.78 is 5.25. The number of methoxy groups -OCH3 is 1. The van der Waals surface area contributed by atoms with Gasteiger partial charge in [-0.1, -0.05) is 12.1 Å². The molecule has 5 nitrogen and oxygen atoms in total. The molecule has 1 aliphatic rings. The number of carbonyl (C=O) groups excluding carboxylic acids is 2. The highest BCUT2D eigenvalue weighted by Gasteiger charge is 2.46. The number of rotatable bonds is 4. The van der Waals surface area contributed by atoms with Crippen molar-refractivity contribution in [2.45, 2.75) is 32.2 Å². The molecule has 1 unspecified atom stereocenters. The highest BCUT2D eigenvalue weighted by atomic mass is 16.5. The van der Waals surface area contributed by atoms with Gasteiger partial charge in [-0.05, 0) is 38.8 Å². The van der Waals surface area contributed by atoms with Crippen LogP contribution in [0.25, 0.3) is 0 Å². The molecule has 1 heterocycles. The molecule has 1 fully saturated rings. The first-order valence-electron chi connectivity index (χ1n) is 7.28. The van der Waals surface area contributed by atoms with E-state index >= 15 is 0 Å². The average molecular weight is 290 g/mol. The van der Waals surface area contributed by atoms with Crippen molar-refractivity contribution in [3.63, 3.8) is 0 Å². The predicted molar refractivity (Wildman–Crippen MR) is 80.4 cm³/mol. The molecule has 0 radical (unpaired) electrons. The van der Waals surface area contributed by atoms with Gasteiger partial charge >= 0.3 is 0 Å². The van der Waals surface area contributed by atoms with Gasteiger partial charge in [-0.2, -0.15) is 0 Å². The largest absolute Gasteiger partial charge is 0.496 e. The standard InChI is InChI=1S/C16H22N2O3/c1-4-17-15(20)16(2)10-7-11-18(16)14(19)12-8-5-6-9-13(12)21-3/h5-6,8-9H,4,7,10-11H2,1-3H3,(H,17,20). The molecule has 0 aliphatic carbocycles. The summed E-state index contributed by atoms with van der Waals surface area (Å²) in [5.74, 6) is 0.289. The van der Waals surface area contributed by atoms with Gasteiger partial charge in [0.25, 0.3) is 5.91 Å². The number of benzene rings is 1. The number of ether oxygens (including phenoxy) is 1. The van der Waals surface area contributed by atoms with Crippen LogP contribution in [-0.2, 0) is 4.79 Å². The van der Waals surface area contributed by atoms with E-state index in [0.29, 0.717) is 30.8 Å². The number of para-hydroxylation sites is 1. The molecule has 21 heavy (non-hydrogen) atoms. The topological polar surface area (TPSA) is 58.6 Å². The van der Waals surface area contributed by atoms with Crippen LogP contribution in [0.1, 0.15) is 37.0 Å². The molecule has 2 rings (SSSR count). The first-order chi connectivity index (χ1) is 10.0. The fourth-order valence-electron chi connectivity index (χ4n) is 2.84. The van der Waals surface area contributed by atoms with Crippen LogP contribution in [0, 0.1) is 0 Å². The number of hydrogen-bond acceptors (Lipinski definition) is 3. The molecular formula is C16H22N2O3. The highest BCUT2D eigenvalue weighted by Crippen LogP contribution is 2.32. The first-order valence-corrected chi connectivity index (χ1v) is 7.28. The molecule has 0 saturated carbocycles. The zero-order valence-corrected chi connectivity index (χ0v) is 12.8. The van der Waals surface area contributed by atoms with E-state index in [9.17, 15) is 9.59 Å². The van der Waals surface area contributed by atoms with Crippen LogP contribution in [0.5, 0.6) is 5.75 Å². The highest BCUT2D eigenvalue weighted by molar-refractivity contribution is 6.01. The Labute approximate surface area is 125 Å². The van der Waals surface area contributed by atoms with E-state index in [2.05, 4.69) is 5.32 Å². The third-order valence-electron chi connectivity index (χ3n) is 4.05. The quantitative estimate of drug-likeness (QED) is 0.920. The van der Waals surface area contributed by atoms with Crippen LogP contribution in [-0.4, -0.2) is 42.5 Å². The van der Waals surface area contributed by atoms with E-state index in [4.69, 9.17) is 4.74 Å². The molecule has 1 N–H and O–H groups in total. The normalized spacial score (nSPS) is 21.2. The maximum absolute atomic E-state index is 12.8. The van der Waals surface area contributed by atoms with Crippen molar-refractivity contribution >= 4 is 11.8 Å². The number of amides is 2. The van der Waals surface area contributed by atoms with Gasteiger partial charge in [0.2, 0.25) is 5.91 Å². The lowest BCUT2D eigenvalue weighted by atomic mass is 9.96. The van der Waals surface area contributed by atoms with E-state index in [1.54, 1.807) is 30.2 Å². The Bertz CT molecular complexity index is 544. The third-order valence-corrected chi connectivity index (χ3v) is 4.05. The fraction of sp³-hybridized carbons (Fsp3) is 0.500. The number of hydrogen-bond donors (Lipinski definition) is 1. The Hall–Kier alpha value is -2.04. The maximum atomic E-state index is 12.8. The summed E-state index contributed by atoms with van der Waals surface area (Å²) in [4.78, 5) is 26.8. The zero-order valence-electron chi connectivity index (χ0n) is 12.8. The van der Waals surface area contributed by atoms with Gasteiger partial charge in [-0.3, -0.25) is 9.59 Å². The second-order valence-corrected chi connectivity index (χ2v) is 5.39. The monoisotopic (exact) mass is 290 g/mol. The molecule has 1 saturated heterocycles. The fourth-order valence-corrected chi connectivity index (χ4v) is 2.84. The van der Waals surface area contributed by atoms with E-state index in [1.807, 2.05) is 19.9 Å². The molecule has 1 aromatic rings. The van der Waals surface area contributed by atoms with Crippen molar-refractivity contribution in [3.8, 4) is 5.75 Å². The van der Waals surface area contributed by atoms with E-state index in [0.717, 1.165) is 6.42 Å². The summed E-state index contributed by atoms with van der Waals surface area (Å²) in [5, 5.41) is 2.83. The lowest BCUT2D eigenvalue weighted by molar-refractivity contribution is -0.129. The summed E-state index contributed by atoms with van der Waals surface area (Å²) in [6.07, 6.45) is 1.51. The summed E-state index contributed by atoms with van der Waals surface area (Å²) >= 11 is 0. The molecule has 2 amide bonds. The molecule has 5 heteroatoms. The van der Waals surface area contributed by atoms with Crippen LogP contribution in [0.4, 0.5) is 0 Å². The van der Waals surface area contributed by atoms with Gasteiger partial charge in [0, 0.05) is 13.1 Å². The smallest absolute Gasteiger partial charge is 0.258 e. The van der Waals surface area contributed by atoms with E-state index in [1.165, 1.54) is 0 Å². The summed E-state index contributed by atoms with van der Waals surface area (Å²) in [7, 11) is 1.54. The van der Waals surface area contributed by atoms with E-state index < -0.39 is 5.54 Å². The van der Waals surface area contributed by atoms with Crippen molar-refractivity contribution < 1.29 is 14.3 Å². The lowest BCUT2D eigenvalue weighted by Gasteiger charge is -2.34. The van der Waals surface area contributed by atoms with Crippen molar-refractivity contribution in [2.24, 2.45) is 0 Å². The number of nitrogens with one attached hydrogen (secondary N) is 1. The molecule has 1 aliphatic heterocycles. The Morgan fingerprint density at radius 2 is 2.10 bits per heavy atom. The molecule has 1 atom stereocenters. The number of likely N-dealkylation sites (tertiary alicyclic amines) is 1. The van der Waals surface area contributed by atoms with Gasteiger partial charge in [0.15, 0.2) is 0 Å². The predicted octanol–water partition coefficient (Wildman–Crippen LogP) is 1.83. The summed E-state index contributed by atoms with van der Waals surface area (Å²) in [5.41, 5.74) is -0.286. The Balaban J connectivity index is 2.31. The van der Waals surface area contributed by atoms with Gasteiger partial charge < -0.3 is 15.0 Å². The van der Waals surface area contributed by atoms with Gasteiger partial charge in [0.1, 0.15) is 11.3 Å². The molecule has 1 aromatic carbocycles. The van der Waals surface area contributed by atoms with Gasteiger partial charge in [0.05, 0.1) is 12.7 Å². The van der Waals surface area contributed by atoms with Crippen molar-refractivity contribution in [1.29, 1.82) is 0 Å². The van der Waals surface area contributed by atoms with Gasteiger partial charge in [-0.15, -0.1) is 0 Å². The van der Waals surface area contributed by atoms with Crippen molar-refractivity contribution in [1.82, 2.24) is 10.2 Å². The molecule has 0 bridgehead atoms. The Kier molecular flexibility index (Phi) is 4.50. The van der Waals surface area contributed by atoms with Gasteiger partial charge in [-0.25, -0.2) is 0 Å². The van der Waals surface area contributed by atoms with Crippen LogP contribution in [0.15, 0.2) is 24.3 Å². The second-order valence-electron chi connectivity index (χ2n) is 5.39. The molecule has 114 valence electrons. The minimum Gasteiger partial charge on any atom is -0.496 e. The Morgan fingerprint density at radius 1 is 1.38 bits per heavy atom.